The summed E-state index contributed by atoms with van der Waals surface area (Å²) in [6.07, 6.45) is 6.97. The molecule has 3 fully saturated rings. The highest BCUT2D eigenvalue weighted by Gasteiger charge is 2.46. The van der Waals surface area contributed by atoms with Gasteiger partial charge in [0.25, 0.3) is 0 Å². The molecule has 2 saturated carbocycles. The maximum Gasteiger partial charge on any atom is 0.0117 e. The molecule has 0 spiro atoms. The summed E-state index contributed by atoms with van der Waals surface area (Å²) in [4.78, 5) is 5.21. The third kappa shape index (κ3) is 2.70. The number of fused-ring (bicyclic) bond motifs is 2. The normalized spacial score (nSPS) is 40.4. The number of hydrogen-bond donors (Lipinski definition) is 1. The molecule has 1 heterocycles. The molecule has 2 bridgehead atoms. The number of hydrogen-bond acceptors (Lipinski definition) is 3. The van der Waals surface area contributed by atoms with E-state index in [-0.39, 0.29) is 0 Å². The Morgan fingerprint density at radius 1 is 1.11 bits per heavy atom. The molecule has 3 heteroatoms. The van der Waals surface area contributed by atoms with Crippen molar-refractivity contribution in [3.8, 4) is 0 Å². The predicted octanol–water partition coefficient (Wildman–Crippen LogP) is 1.78. The number of rotatable bonds is 4. The largest absolute Gasteiger partial charge is 0.327 e. The van der Waals surface area contributed by atoms with E-state index in [0.717, 1.165) is 23.8 Å². The molecule has 0 aromatic carbocycles. The minimum absolute atomic E-state index is 0.497. The van der Waals surface area contributed by atoms with Crippen molar-refractivity contribution in [3.63, 3.8) is 0 Å². The Kier molecular flexibility index (Phi) is 4.16. The lowest BCUT2D eigenvalue weighted by atomic mass is 9.84. The highest BCUT2D eigenvalue weighted by atomic mass is 15.2. The van der Waals surface area contributed by atoms with Gasteiger partial charge in [-0.2, -0.15) is 0 Å². The molecule has 3 rings (SSSR count). The van der Waals surface area contributed by atoms with Crippen LogP contribution in [-0.4, -0.2) is 55.1 Å². The second kappa shape index (κ2) is 5.71. The Balaban J connectivity index is 1.50. The van der Waals surface area contributed by atoms with Crippen LogP contribution in [0.15, 0.2) is 0 Å². The van der Waals surface area contributed by atoms with E-state index in [0.29, 0.717) is 6.04 Å². The Morgan fingerprint density at radius 2 is 1.79 bits per heavy atom. The molecule has 0 radical (unpaired) electrons. The molecule has 0 amide bonds. The van der Waals surface area contributed by atoms with Gasteiger partial charge in [0.15, 0.2) is 0 Å². The zero-order valence-electron chi connectivity index (χ0n) is 12.7. The van der Waals surface area contributed by atoms with Crippen LogP contribution in [0.3, 0.4) is 0 Å². The summed E-state index contributed by atoms with van der Waals surface area (Å²) in [6, 6.07) is 1.30. The highest BCUT2D eigenvalue weighted by Crippen LogP contribution is 2.47. The van der Waals surface area contributed by atoms with Crippen molar-refractivity contribution < 1.29 is 0 Å². The molecule has 1 aliphatic heterocycles. The lowest BCUT2D eigenvalue weighted by molar-refractivity contribution is 0.102. The van der Waals surface area contributed by atoms with Crippen molar-refractivity contribution in [1.82, 2.24) is 9.80 Å². The first-order chi connectivity index (χ1) is 9.19. The average molecular weight is 265 g/mol. The van der Waals surface area contributed by atoms with Crippen molar-refractivity contribution in [2.24, 2.45) is 23.5 Å². The van der Waals surface area contributed by atoms with Gasteiger partial charge < -0.3 is 15.5 Å². The number of nitrogens with two attached hydrogens (primary N) is 1. The number of likely N-dealkylation sites (tertiary alicyclic amines) is 1. The molecule has 0 aromatic heterocycles. The van der Waals surface area contributed by atoms with Crippen LogP contribution in [0.2, 0.25) is 0 Å². The smallest absolute Gasteiger partial charge is 0.0117 e. The first kappa shape index (κ1) is 13.8. The van der Waals surface area contributed by atoms with E-state index in [9.17, 15) is 0 Å². The van der Waals surface area contributed by atoms with Gasteiger partial charge in [0.1, 0.15) is 0 Å². The Morgan fingerprint density at radius 3 is 2.37 bits per heavy atom. The molecule has 4 unspecified atom stereocenters. The van der Waals surface area contributed by atoms with E-state index in [1.807, 2.05) is 0 Å². The zero-order chi connectivity index (χ0) is 13.4. The summed E-state index contributed by atoms with van der Waals surface area (Å²) < 4.78 is 0. The molecule has 19 heavy (non-hydrogen) atoms. The molecule has 1 saturated heterocycles. The van der Waals surface area contributed by atoms with Crippen LogP contribution in [0.5, 0.6) is 0 Å². The van der Waals surface area contributed by atoms with Crippen molar-refractivity contribution in [2.45, 2.75) is 51.1 Å². The van der Waals surface area contributed by atoms with E-state index < -0.39 is 0 Å². The third-order valence-corrected chi connectivity index (χ3v) is 6.28. The van der Waals surface area contributed by atoms with Crippen LogP contribution in [0.1, 0.15) is 39.0 Å². The van der Waals surface area contributed by atoms with Crippen LogP contribution in [0.25, 0.3) is 0 Å². The van der Waals surface area contributed by atoms with Gasteiger partial charge >= 0.3 is 0 Å². The highest BCUT2D eigenvalue weighted by molar-refractivity contribution is 5.00. The molecular formula is C16H31N3. The molecule has 3 nitrogen and oxygen atoms in total. The van der Waals surface area contributed by atoms with E-state index in [4.69, 9.17) is 5.73 Å². The van der Waals surface area contributed by atoms with Gasteiger partial charge in [0.2, 0.25) is 0 Å². The van der Waals surface area contributed by atoms with E-state index in [2.05, 4.69) is 23.8 Å². The fourth-order valence-electron chi connectivity index (χ4n) is 4.88. The van der Waals surface area contributed by atoms with E-state index in [1.54, 1.807) is 0 Å². The maximum atomic E-state index is 6.45. The van der Waals surface area contributed by atoms with Crippen molar-refractivity contribution in [1.29, 1.82) is 0 Å². The van der Waals surface area contributed by atoms with Crippen LogP contribution < -0.4 is 5.73 Å². The molecule has 2 N–H and O–H groups in total. The van der Waals surface area contributed by atoms with Gasteiger partial charge in [-0.25, -0.2) is 0 Å². The summed E-state index contributed by atoms with van der Waals surface area (Å²) in [5.41, 5.74) is 6.45. The van der Waals surface area contributed by atoms with E-state index in [1.165, 1.54) is 58.3 Å². The van der Waals surface area contributed by atoms with Gasteiger partial charge in [-0.05, 0) is 76.5 Å². The topological polar surface area (TPSA) is 32.5 Å². The fraction of sp³-hybridized carbons (Fsp3) is 1.00. The lowest BCUT2D eigenvalue weighted by Gasteiger charge is -2.39. The summed E-state index contributed by atoms with van der Waals surface area (Å²) >= 11 is 0. The van der Waals surface area contributed by atoms with Gasteiger partial charge in [-0.1, -0.05) is 6.92 Å². The number of piperidine rings is 1. The minimum atomic E-state index is 0.497. The minimum Gasteiger partial charge on any atom is -0.327 e. The second-order valence-corrected chi connectivity index (χ2v) is 7.18. The Hall–Kier alpha value is -0.120. The first-order valence-electron chi connectivity index (χ1n) is 8.37. The Labute approximate surface area is 118 Å². The second-order valence-electron chi connectivity index (χ2n) is 7.18. The standard InChI is InChI=1S/C16H31N3/c1-3-19-8-6-14(7-9-19)18(2)11-15-12-4-5-13(10-12)16(15)17/h12-16H,3-11,17H2,1-2H3. The van der Waals surface area contributed by atoms with Crippen molar-refractivity contribution >= 4 is 0 Å². The number of nitrogens with zero attached hydrogens (tertiary/aromatic N) is 2. The third-order valence-electron chi connectivity index (χ3n) is 6.28. The first-order valence-corrected chi connectivity index (χ1v) is 8.37. The van der Waals surface area contributed by atoms with E-state index >= 15 is 0 Å². The molecule has 3 aliphatic rings. The quantitative estimate of drug-likeness (QED) is 0.841. The summed E-state index contributed by atoms with van der Waals surface area (Å²) in [7, 11) is 2.34. The lowest BCUT2D eigenvalue weighted by Crippen LogP contribution is -2.48. The van der Waals surface area contributed by atoms with Crippen molar-refractivity contribution in [2.75, 3.05) is 33.2 Å². The molecular weight excluding hydrogens is 234 g/mol. The molecule has 4 atom stereocenters. The molecule has 0 aromatic rings. The van der Waals surface area contributed by atoms with Crippen LogP contribution in [-0.2, 0) is 0 Å². The summed E-state index contributed by atoms with van der Waals surface area (Å²) in [5, 5.41) is 0. The predicted molar refractivity (Wildman–Crippen MR) is 80.1 cm³/mol. The summed E-state index contributed by atoms with van der Waals surface area (Å²) in [5.74, 6) is 2.58. The average Bonchev–Trinajstić information content (AvgIpc) is 3.02. The van der Waals surface area contributed by atoms with Gasteiger partial charge in [-0.15, -0.1) is 0 Å². The Bertz CT molecular complexity index is 296. The molecule has 2 aliphatic carbocycles. The maximum absolute atomic E-state index is 6.45. The fourth-order valence-corrected chi connectivity index (χ4v) is 4.88. The monoisotopic (exact) mass is 265 g/mol. The van der Waals surface area contributed by atoms with Crippen LogP contribution >= 0.6 is 0 Å². The van der Waals surface area contributed by atoms with Gasteiger partial charge in [-0.3, -0.25) is 0 Å². The van der Waals surface area contributed by atoms with Crippen molar-refractivity contribution in [3.05, 3.63) is 0 Å². The van der Waals surface area contributed by atoms with Crippen LogP contribution in [0, 0.1) is 17.8 Å². The molecule has 110 valence electrons. The van der Waals surface area contributed by atoms with Crippen LogP contribution in [0.4, 0.5) is 0 Å². The zero-order valence-corrected chi connectivity index (χ0v) is 12.7. The van der Waals surface area contributed by atoms with Gasteiger partial charge in [0.05, 0.1) is 0 Å². The van der Waals surface area contributed by atoms with Gasteiger partial charge in [0, 0.05) is 18.6 Å². The summed E-state index contributed by atoms with van der Waals surface area (Å²) in [6.45, 7) is 7.31. The SMILES string of the molecule is CCN1CCC(N(C)CC2C3CCC(C3)C2N)CC1.